The van der Waals surface area contributed by atoms with E-state index in [1.165, 1.54) is 0 Å². The number of fused-ring (bicyclic) bond motifs is 1. The smallest absolute Gasteiger partial charge is 0.156 e. The number of halogens is 1. The number of nitrogens with zero attached hydrogens (tertiary/aromatic N) is 2. The summed E-state index contributed by atoms with van der Waals surface area (Å²) < 4.78 is 0. The summed E-state index contributed by atoms with van der Waals surface area (Å²) in [5.74, 6) is 0.933. The highest BCUT2D eigenvalue weighted by atomic mass is 35.5. The average Bonchev–Trinajstić information content (AvgIpc) is 2.48. The molecule has 0 saturated heterocycles. The second-order valence-electron chi connectivity index (χ2n) is 4.33. The summed E-state index contributed by atoms with van der Waals surface area (Å²) in [6.07, 6.45) is 1.68. The molecule has 14 heavy (non-hydrogen) atoms. The van der Waals surface area contributed by atoms with Gasteiger partial charge in [-0.05, 0) is 6.07 Å². The maximum Gasteiger partial charge on any atom is 0.156 e. The Labute approximate surface area is 87.5 Å². The van der Waals surface area contributed by atoms with Crippen LogP contribution >= 0.6 is 11.6 Å². The predicted octanol–water partition coefficient (Wildman–Crippen LogP) is 2.91. The molecule has 0 spiro atoms. The number of H-pyrrole nitrogens is 1. The van der Waals surface area contributed by atoms with Crippen LogP contribution in [0.5, 0.6) is 0 Å². The molecule has 2 aromatic rings. The van der Waals surface area contributed by atoms with Gasteiger partial charge in [0.15, 0.2) is 5.15 Å². The molecular weight excluding hydrogens is 198 g/mol. The first-order valence-electron chi connectivity index (χ1n) is 4.49. The van der Waals surface area contributed by atoms with Gasteiger partial charge in [0.2, 0.25) is 0 Å². The van der Waals surface area contributed by atoms with Crippen molar-refractivity contribution in [3.05, 3.63) is 23.2 Å². The van der Waals surface area contributed by atoms with Gasteiger partial charge in [-0.2, -0.15) is 0 Å². The SMILES string of the molecule is CC(C)(C)c1nc2c(Cl)nccc2[nH]1. The molecule has 0 aliphatic carbocycles. The first-order valence-corrected chi connectivity index (χ1v) is 4.87. The van der Waals surface area contributed by atoms with E-state index in [0.717, 1.165) is 16.9 Å². The van der Waals surface area contributed by atoms with Crippen LogP contribution in [0.15, 0.2) is 12.3 Å². The van der Waals surface area contributed by atoms with Crippen molar-refractivity contribution in [1.29, 1.82) is 0 Å². The van der Waals surface area contributed by atoms with Crippen LogP contribution in [0.25, 0.3) is 11.0 Å². The molecular formula is C10H12ClN3. The topological polar surface area (TPSA) is 41.6 Å². The number of imidazole rings is 1. The summed E-state index contributed by atoms with van der Waals surface area (Å²) in [5.41, 5.74) is 1.69. The van der Waals surface area contributed by atoms with Crippen LogP contribution < -0.4 is 0 Å². The molecule has 1 N–H and O–H groups in total. The number of hydrogen-bond donors (Lipinski definition) is 1. The van der Waals surface area contributed by atoms with Gasteiger partial charge < -0.3 is 4.98 Å². The van der Waals surface area contributed by atoms with Crippen LogP contribution in [0.2, 0.25) is 5.15 Å². The molecule has 0 amide bonds. The largest absolute Gasteiger partial charge is 0.341 e. The highest BCUT2D eigenvalue weighted by Crippen LogP contribution is 2.24. The first-order chi connectivity index (χ1) is 6.48. The molecule has 4 heteroatoms. The first kappa shape index (κ1) is 9.46. The monoisotopic (exact) mass is 209 g/mol. The number of aromatic amines is 1. The summed E-state index contributed by atoms with van der Waals surface area (Å²) in [6, 6.07) is 1.88. The van der Waals surface area contributed by atoms with E-state index in [1.807, 2.05) is 6.07 Å². The molecule has 3 nitrogen and oxygen atoms in total. The van der Waals surface area contributed by atoms with Gasteiger partial charge in [0.05, 0.1) is 5.52 Å². The van der Waals surface area contributed by atoms with E-state index in [9.17, 15) is 0 Å². The van der Waals surface area contributed by atoms with Crippen LogP contribution in [-0.4, -0.2) is 15.0 Å². The van der Waals surface area contributed by atoms with E-state index >= 15 is 0 Å². The normalized spacial score (nSPS) is 12.3. The zero-order valence-electron chi connectivity index (χ0n) is 8.43. The third-order valence-electron chi connectivity index (χ3n) is 2.07. The van der Waals surface area contributed by atoms with Crippen LogP contribution in [0.1, 0.15) is 26.6 Å². The lowest BCUT2D eigenvalue weighted by molar-refractivity contribution is 0.554. The fourth-order valence-corrected chi connectivity index (χ4v) is 1.46. The Kier molecular flexibility index (Phi) is 2.00. The van der Waals surface area contributed by atoms with Crippen molar-refractivity contribution in [3.63, 3.8) is 0 Å². The van der Waals surface area contributed by atoms with Crippen LogP contribution in [0.3, 0.4) is 0 Å². The van der Waals surface area contributed by atoms with Crippen molar-refractivity contribution in [3.8, 4) is 0 Å². The van der Waals surface area contributed by atoms with Crippen molar-refractivity contribution in [2.45, 2.75) is 26.2 Å². The molecule has 0 aliphatic heterocycles. The molecule has 0 radical (unpaired) electrons. The molecule has 2 rings (SSSR count). The standard InChI is InChI=1S/C10H12ClN3/c1-10(2,3)9-13-6-4-5-12-8(11)7(6)14-9/h4-5H,1-3H3,(H,13,14). The highest BCUT2D eigenvalue weighted by molar-refractivity contribution is 6.33. The van der Waals surface area contributed by atoms with Gasteiger partial charge in [-0.25, -0.2) is 9.97 Å². The second kappa shape index (κ2) is 2.95. The third kappa shape index (κ3) is 1.48. The molecule has 0 aliphatic rings. The van der Waals surface area contributed by atoms with E-state index in [-0.39, 0.29) is 5.41 Å². The fourth-order valence-electron chi connectivity index (χ4n) is 1.26. The molecule has 0 unspecified atom stereocenters. The maximum atomic E-state index is 5.93. The van der Waals surface area contributed by atoms with Crippen molar-refractivity contribution in [1.82, 2.24) is 15.0 Å². The van der Waals surface area contributed by atoms with Crippen LogP contribution in [-0.2, 0) is 5.41 Å². The number of pyridine rings is 1. The van der Waals surface area contributed by atoms with E-state index in [2.05, 4.69) is 35.7 Å². The molecule has 2 heterocycles. The zero-order chi connectivity index (χ0) is 10.3. The van der Waals surface area contributed by atoms with E-state index < -0.39 is 0 Å². The molecule has 0 bridgehead atoms. The fraction of sp³-hybridized carbons (Fsp3) is 0.400. The summed E-state index contributed by atoms with van der Waals surface area (Å²) in [4.78, 5) is 11.7. The van der Waals surface area contributed by atoms with Gasteiger partial charge in [-0.1, -0.05) is 32.4 Å². The minimum atomic E-state index is 0.00233. The molecule has 2 aromatic heterocycles. The summed E-state index contributed by atoms with van der Waals surface area (Å²) in [5, 5.41) is 0.453. The number of nitrogens with one attached hydrogen (secondary N) is 1. The lowest BCUT2D eigenvalue weighted by Crippen LogP contribution is -2.12. The summed E-state index contributed by atoms with van der Waals surface area (Å²) in [7, 11) is 0. The molecule has 0 aromatic carbocycles. The van der Waals surface area contributed by atoms with Gasteiger partial charge in [-0.15, -0.1) is 0 Å². The van der Waals surface area contributed by atoms with Gasteiger partial charge in [-0.3, -0.25) is 0 Å². The minimum Gasteiger partial charge on any atom is -0.341 e. The Morgan fingerprint density at radius 2 is 2.07 bits per heavy atom. The third-order valence-corrected chi connectivity index (χ3v) is 2.34. The number of rotatable bonds is 0. The van der Waals surface area contributed by atoms with E-state index in [4.69, 9.17) is 11.6 Å². The second-order valence-corrected chi connectivity index (χ2v) is 4.69. The number of hydrogen-bond acceptors (Lipinski definition) is 2. The summed E-state index contributed by atoms with van der Waals surface area (Å²) in [6.45, 7) is 6.31. The quantitative estimate of drug-likeness (QED) is 0.678. The Morgan fingerprint density at radius 3 is 2.64 bits per heavy atom. The molecule has 0 atom stereocenters. The summed E-state index contributed by atoms with van der Waals surface area (Å²) >= 11 is 5.93. The van der Waals surface area contributed by atoms with Crippen molar-refractivity contribution >= 4 is 22.6 Å². The van der Waals surface area contributed by atoms with Gasteiger partial charge in [0.25, 0.3) is 0 Å². The Morgan fingerprint density at radius 1 is 1.36 bits per heavy atom. The molecule has 0 fully saturated rings. The Bertz CT molecular complexity index is 468. The van der Waals surface area contributed by atoms with Gasteiger partial charge >= 0.3 is 0 Å². The Balaban J connectivity index is 2.69. The van der Waals surface area contributed by atoms with Crippen molar-refractivity contribution in [2.24, 2.45) is 0 Å². The van der Waals surface area contributed by atoms with Gasteiger partial charge in [0.1, 0.15) is 11.3 Å². The van der Waals surface area contributed by atoms with Gasteiger partial charge in [0, 0.05) is 11.6 Å². The lowest BCUT2D eigenvalue weighted by atomic mass is 9.96. The predicted molar refractivity (Wildman–Crippen MR) is 57.6 cm³/mol. The molecule has 74 valence electrons. The number of aromatic nitrogens is 3. The zero-order valence-corrected chi connectivity index (χ0v) is 9.18. The highest BCUT2D eigenvalue weighted by Gasteiger charge is 2.18. The van der Waals surface area contributed by atoms with Crippen molar-refractivity contribution in [2.75, 3.05) is 0 Å². The van der Waals surface area contributed by atoms with Crippen LogP contribution in [0.4, 0.5) is 0 Å². The molecule has 0 saturated carbocycles. The lowest BCUT2D eigenvalue weighted by Gasteiger charge is -2.13. The van der Waals surface area contributed by atoms with E-state index in [0.29, 0.717) is 5.15 Å². The van der Waals surface area contributed by atoms with Crippen molar-refractivity contribution < 1.29 is 0 Å². The van der Waals surface area contributed by atoms with E-state index in [1.54, 1.807) is 6.20 Å². The van der Waals surface area contributed by atoms with Crippen LogP contribution in [0, 0.1) is 0 Å². The Hall–Kier alpha value is -1.09. The minimum absolute atomic E-state index is 0.00233. The average molecular weight is 210 g/mol. The maximum absolute atomic E-state index is 5.93.